The van der Waals surface area contributed by atoms with Crippen molar-refractivity contribution in [3.8, 4) is 16.4 Å². The third-order valence-corrected chi connectivity index (χ3v) is 6.56. The SMILES string of the molecule is CN(C)c1ccc(/C=N\NC(=O)c2csc(-n3nc(-c4ccc5ccccc5c4)cc3C(F)(F)F)n2)cc1. The summed E-state index contributed by atoms with van der Waals surface area (Å²) in [6, 6.07) is 21.4. The number of hydrogen-bond acceptors (Lipinski definition) is 6. The number of aromatic nitrogens is 3. The summed E-state index contributed by atoms with van der Waals surface area (Å²) in [7, 11) is 3.85. The number of amides is 1. The molecule has 0 aliphatic heterocycles. The first-order valence-corrected chi connectivity index (χ1v) is 12.3. The van der Waals surface area contributed by atoms with Gasteiger partial charge in [-0.2, -0.15) is 23.4 Å². The van der Waals surface area contributed by atoms with E-state index in [1.54, 1.807) is 12.1 Å². The van der Waals surface area contributed by atoms with Gasteiger partial charge in [0.05, 0.1) is 11.9 Å². The van der Waals surface area contributed by atoms with Crippen molar-refractivity contribution in [1.82, 2.24) is 20.2 Å². The number of hydrazone groups is 1. The van der Waals surface area contributed by atoms with Crippen LogP contribution in [0.3, 0.4) is 0 Å². The minimum Gasteiger partial charge on any atom is -0.378 e. The predicted molar refractivity (Wildman–Crippen MR) is 143 cm³/mol. The number of rotatable bonds is 6. The van der Waals surface area contributed by atoms with E-state index in [-0.39, 0.29) is 16.5 Å². The van der Waals surface area contributed by atoms with Gasteiger partial charge in [0.15, 0.2) is 5.69 Å². The van der Waals surface area contributed by atoms with Gasteiger partial charge in [-0.05, 0) is 40.6 Å². The van der Waals surface area contributed by atoms with Gasteiger partial charge in [0.1, 0.15) is 5.69 Å². The zero-order chi connectivity index (χ0) is 26.9. The molecule has 0 unspecified atom stereocenters. The summed E-state index contributed by atoms with van der Waals surface area (Å²) in [6.07, 6.45) is -3.21. The van der Waals surface area contributed by atoms with Gasteiger partial charge >= 0.3 is 6.18 Å². The van der Waals surface area contributed by atoms with Crippen LogP contribution in [-0.2, 0) is 6.18 Å². The number of nitrogens with one attached hydrogen (secondary N) is 1. The van der Waals surface area contributed by atoms with Crippen LogP contribution in [0.4, 0.5) is 18.9 Å². The van der Waals surface area contributed by atoms with Crippen LogP contribution in [0.25, 0.3) is 27.2 Å². The minimum absolute atomic E-state index is 0.0685. The molecule has 0 saturated heterocycles. The van der Waals surface area contributed by atoms with Gasteiger partial charge in [0.2, 0.25) is 5.13 Å². The van der Waals surface area contributed by atoms with Gasteiger partial charge in [-0.25, -0.2) is 15.1 Å². The lowest BCUT2D eigenvalue weighted by molar-refractivity contribution is -0.142. The number of fused-ring (bicyclic) bond motifs is 1. The number of hydrogen-bond donors (Lipinski definition) is 1. The van der Waals surface area contributed by atoms with E-state index < -0.39 is 17.8 Å². The van der Waals surface area contributed by atoms with Crippen LogP contribution in [0, 0.1) is 0 Å². The molecule has 0 fully saturated rings. The third-order valence-electron chi connectivity index (χ3n) is 5.74. The summed E-state index contributed by atoms with van der Waals surface area (Å²) >= 11 is 0.878. The molecule has 7 nitrogen and oxygen atoms in total. The second kappa shape index (κ2) is 10.1. The fraction of sp³-hybridized carbons (Fsp3) is 0.111. The lowest BCUT2D eigenvalue weighted by Crippen LogP contribution is -2.18. The Morgan fingerprint density at radius 2 is 1.76 bits per heavy atom. The highest BCUT2D eigenvalue weighted by atomic mass is 32.1. The minimum atomic E-state index is -4.68. The zero-order valence-corrected chi connectivity index (χ0v) is 21.1. The average molecular weight is 535 g/mol. The van der Waals surface area contributed by atoms with Gasteiger partial charge in [0, 0.05) is 30.7 Å². The van der Waals surface area contributed by atoms with E-state index in [4.69, 9.17) is 0 Å². The Balaban J connectivity index is 1.38. The van der Waals surface area contributed by atoms with Crippen LogP contribution >= 0.6 is 11.3 Å². The van der Waals surface area contributed by atoms with Crippen molar-refractivity contribution < 1.29 is 18.0 Å². The Labute approximate surface area is 219 Å². The van der Waals surface area contributed by atoms with Crippen molar-refractivity contribution in [2.45, 2.75) is 6.18 Å². The van der Waals surface area contributed by atoms with E-state index in [2.05, 4.69) is 20.6 Å². The first-order chi connectivity index (χ1) is 18.2. The van der Waals surface area contributed by atoms with E-state index in [0.717, 1.165) is 44.1 Å². The number of anilines is 1. The van der Waals surface area contributed by atoms with Crippen molar-refractivity contribution in [1.29, 1.82) is 0 Å². The summed E-state index contributed by atoms with van der Waals surface area (Å²) < 4.78 is 42.4. The highest BCUT2D eigenvalue weighted by molar-refractivity contribution is 7.12. The predicted octanol–water partition coefficient (Wildman–Crippen LogP) is 6.00. The van der Waals surface area contributed by atoms with Crippen molar-refractivity contribution in [2.24, 2.45) is 5.10 Å². The summed E-state index contributed by atoms with van der Waals surface area (Å²) in [5, 5.41) is 11.3. The maximum atomic E-state index is 13.9. The Bertz CT molecular complexity index is 1640. The summed E-state index contributed by atoms with van der Waals surface area (Å²) in [4.78, 5) is 18.6. The number of thiazole rings is 1. The molecule has 0 atom stereocenters. The summed E-state index contributed by atoms with van der Waals surface area (Å²) in [5.41, 5.74) is 3.77. The molecule has 0 aliphatic carbocycles. The summed E-state index contributed by atoms with van der Waals surface area (Å²) in [5.74, 6) is -0.649. The van der Waals surface area contributed by atoms with Crippen LogP contribution in [0.1, 0.15) is 21.7 Å². The van der Waals surface area contributed by atoms with E-state index in [1.807, 2.05) is 73.6 Å². The van der Waals surface area contributed by atoms with Gasteiger partial charge in [-0.1, -0.05) is 48.5 Å². The largest absolute Gasteiger partial charge is 0.433 e. The quantitative estimate of drug-likeness (QED) is 0.214. The smallest absolute Gasteiger partial charge is 0.378 e. The fourth-order valence-corrected chi connectivity index (χ4v) is 4.53. The number of nitrogens with zero attached hydrogens (tertiary/aromatic N) is 5. The molecule has 2 aromatic heterocycles. The van der Waals surface area contributed by atoms with Crippen molar-refractivity contribution in [2.75, 3.05) is 19.0 Å². The molecule has 1 amide bonds. The van der Waals surface area contributed by atoms with E-state index in [1.165, 1.54) is 11.6 Å². The Morgan fingerprint density at radius 3 is 2.47 bits per heavy atom. The van der Waals surface area contributed by atoms with Gasteiger partial charge in [-0.3, -0.25) is 4.79 Å². The van der Waals surface area contributed by atoms with Crippen molar-refractivity contribution in [3.63, 3.8) is 0 Å². The molecule has 0 radical (unpaired) electrons. The van der Waals surface area contributed by atoms with E-state index >= 15 is 0 Å². The molecule has 3 aromatic carbocycles. The molecule has 1 N–H and O–H groups in total. The van der Waals surface area contributed by atoms with Crippen LogP contribution in [0.5, 0.6) is 0 Å². The number of carbonyl (C=O) groups excluding carboxylic acids is 1. The molecule has 192 valence electrons. The Kier molecular flexibility index (Phi) is 6.68. The molecule has 5 rings (SSSR count). The Morgan fingerprint density at radius 1 is 1.03 bits per heavy atom. The lowest BCUT2D eigenvalue weighted by atomic mass is 10.1. The van der Waals surface area contributed by atoms with Gasteiger partial charge in [-0.15, -0.1) is 11.3 Å². The maximum Gasteiger partial charge on any atom is 0.433 e. The van der Waals surface area contributed by atoms with Crippen LogP contribution in [0.15, 0.2) is 83.3 Å². The first kappa shape index (κ1) is 25.2. The lowest BCUT2D eigenvalue weighted by Gasteiger charge is -2.11. The second-order valence-electron chi connectivity index (χ2n) is 8.59. The molecule has 0 bridgehead atoms. The molecule has 0 spiro atoms. The fourth-order valence-electron chi connectivity index (χ4n) is 3.77. The highest BCUT2D eigenvalue weighted by Crippen LogP contribution is 2.35. The van der Waals surface area contributed by atoms with Gasteiger partial charge < -0.3 is 4.90 Å². The molecule has 38 heavy (non-hydrogen) atoms. The average Bonchev–Trinajstić information content (AvgIpc) is 3.57. The molecule has 2 heterocycles. The van der Waals surface area contributed by atoms with Crippen LogP contribution in [-0.4, -0.2) is 41.0 Å². The maximum absolute atomic E-state index is 13.9. The Hall–Kier alpha value is -4.51. The van der Waals surface area contributed by atoms with Crippen LogP contribution in [0.2, 0.25) is 0 Å². The topological polar surface area (TPSA) is 75.4 Å². The first-order valence-electron chi connectivity index (χ1n) is 11.4. The summed E-state index contributed by atoms with van der Waals surface area (Å²) in [6.45, 7) is 0. The zero-order valence-electron chi connectivity index (χ0n) is 20.3. The number of alkyl halides is 3. The molecule has 5 aromatic rings. The number of carbonyl (C=O) groups is 1. The monoisotopic (exact) mass is 534 g/mol. The molecule has 11 heteroatoms. The number of benzene rings is 3. The van der Waals surface area contributed by atoms with Gasteiger partial charge in [0.25, 0.3) is 5.91 Å². The normalized spacial score (nSPS) is 11.8. The van der Waals surface area contributed by atoms with Crippen molar-refractivity contribution >= 4 is 39.9 Å². The van der Waals surface area contributed by atoms with E-state index in [9.17, 15) is 18.0 Å². The van der Waals surface area contributed by atoms with Crippen LogP contribution < -0.4 is 10.3 Å². The van der Waals surface area contributed by atoms with E-state index in [0.29, 0.717) is 5.56 Å². The second-order valence-corrected chi connectivity index (χ2v) is 9.42. The van der Waals surface area contributed by atoms with Crippen molar-refractivity contribution in [3.05, 3.63) is 95.1 Å². The highest BCUT2D eigenvalue weighted by Gasteiger charge is 2.37. The number of halogens is 3. The molecular weight excluding hydrogens is 513 g/mol. The standard InChI is InChI=1S/C27H21F3N6OS/c1-35(2)21-11-7-17(8-12-21)15-31-33-25(37)23-16-38-26(32-23)36-24(27(28,29)30)14-22(34-36)20-10-9-18-5-3-4-6-19(18)13-20/h3-16H,1-2H3,(H,33,37)/b31-15-. The molecule has 0 saturated carbocycles. The molecular formula is C27H21F3N6OS. The molecule has 0 aliphatic rings. The third kappa shape index (κ3) is 5.28.